The van der Waals surface area contributed by atoms with E-state index < -0.39 is 17.8 Å². The van der Waals surface area contributed by atoms with Gasteiger partial charge in [0.25, 0.3) is 0 Å². The van der Waals surface area contributed by atoms with Gasteiger partial charge in [-0.3, -0.25) is 14.6 Å². The van der Waals surface area contributed by atoms with Crippen molar-refractivity contribution in [2.45, 2.75) is 58.5 Å². The normalized spacial score (nSPS) is 26.6. The van der Waals surface area contributed by atoms with Crippen LogP contribution in [0.4, 0.5) is 0 Å². The molecule has 1 fully saturated rings. The predicted octanol–water partition coefficient (Wildman–Crippen LogP) is 4.70. The molecule has 0 amide bonds. The molecule has 4 rings (SSSR count). The van der Waals surface area contributed by atoms with Gasteiger partial charge >= 0.3 is 5.97 Å². The van der Waals surface area contributed by atoms with Gasteiger partial charge in [0.15, 0.2) is 17.3 Å². The van der Waals surface area contributed by atoms with Crippen molar-refractivity contribution in [3.8, 4) is 11.5 Å². The first-order valence-electron chi connectivity index (χ1n) is 11.3. The highest BCUT2D eigenvalue weighted by molar-refractivity contribution is 9.10. The SMILES string of the molecule is COc1cc([C@@H]2C3=C(CC(C)(C)CC3=O)N=C(C)C2C(=O)OC[C@@H]2CCCO2)cc(Br)c1O. The third kappa shape index (κ3) is 4.73. The number of hydrogen-bond donors (Lipinski definition) is 1. The molecule has 2 aliphatic heterocycles. The third-order valence-electron chi connectivity index (χ3n) is 6.62. The number of ketones is 1. The fraction of sp³-hybridized carbons (Fsp3) is 0.560. The molecular weight excluding hydrogens is 490 g/mol. The Morgan fingerprint density at radius 2 is 2.09 bits per heavy atom. The first-order valence-corrected chi connectivity index (χ1v) is 12.1. The maximum Gasteiger partial charge on any atom is 0.315 e. The minimum absolute atomic E-state index is 0.0115. The van der Waals surface area contributed by atoms with Crippen molar-refractivity contribution >= 4 is 33.4 Å². The zero-order chi connectivity index (χ0) is 23.9. The van der Waals surface area contributed by atoms with Crippen LogP contribution in [0.3, 0.4) is 0 Å². The van der Waals surface area contributed by atoms with E-state index >= 15 is 0 Å². The molecule has 1 aromatic carbocycles. The number of Topliss-reactive ketones (excluding diaryl/α,β-unsaturated/α-hetero) is 1. The maximum absolute atomic E-state index is 13.4. The highest BCUT2D eigenvalue weighted by Gasteiger charge is 2.46. The minimum Gasteiger partial charge on any atom is -0.503 e. The number of allylic oxidation sites excluding steroid dienone is 2. The molecule has 2 heterocycles. The van der Waals surface area contributed by atoms with Crippen LogP contribution in [0.5, 0.6) is 11.5 Å². The molecule has 0 spiro atoms. The largest absolute Gasteiger partial charge is 0.503 e. The Bertz CT molecular complexity index is 1040. The van der Waals surface area contributed by atoms with E-state index in [9.17, 15) is 14.7 Å². The molecule has 0 radical (unpaired) electrons. The van der Waals surface area contributed by atoms with Crippen LogP contribution in [0, 0.1) is 11.3 Å². The molecule has 1 unspecified atom stereocenters. The first kappa shape index (κ1) is 24.0. The summed E-state index contributed by atoms with van der Waals surface area (Å²) < 4.78 is 17.0. The summed E-state index contributed by atoms with van der Waals surface area (Å²) in [7, 11) is 1.46. The number of methoxy groups -OCH3 is 1. The van der Waals surface area contributed by atoms with Crippen molar-refractivity contribution in [1.29, 1.82) is 0 Å². The molecule has 8 heteroatoms. The Morgan fingerprint density at radius 1 is 1.33 bits per heavy atom. The molecule has 1 aliphatic carbocycles. The predicted molar refractivity (Wildman–Crippen MR) is 127 cm³/mol. The van der Waals surface area contributed by atoms with Gasteiger partial charge in [-0.1, -0.05) is 13.8 Å². The van der Waals surface area contributed by atoms with Crippen LogP contribution in [0.1, 0.15) is 57.9 Å². The van der Waals surface area contributed by atoms with Gasteiger partial charge in [-0.25, -0.2) is 0 Å². The van der Waals surface area contributed by atoms with E-state index in [1.165, 1.54) is 7.11 Å². The van der Waals surface area contributed by atoms with E-state index in [2.05, 4.69) is 29.8 Å². The van der Waals surface area contributed by atoms with Crippen molar-refractivity contribution < 1.29 is 28.9 Å². The Balaban J connectivity index is 1.78. The summed E-state index contributed by atoms with van der Waals surface area (Å²) >= 11 is 3.38. The van der Waals surface area contributed by atoms with Gasteiger partial charge in [-0.05, 0) is 65.2 Å². The number of hydrogen-bond acceptors (Lipinski definition) is 7. The van der Waals surface area contributed by atoms with Crippen molar-refractivity contribution in [3.05, 3.63) is 33.4 Å². The smallest absolute Gasteiger partial charge is 0.315 e. The quantitative estimate of drug-likeness (QED) is 0.566. The van der Waals surface area contributed by atoms with Crippen LogP contribution < -0.4 is 4.74 Å². The Hall–Kier alpha value is -2.19. The molecule has 0 bridgehead atoms. The number of ether oxygens (including phenoxy) is 3. The topological polar surface area (TPSA) is 94.4 Å². The molecule has 7 nitrogen and oxygen atoms in total. The van der Waals surface area contributed by atoms with E-state index in [0.717, 1.165) is 18.5 Å². The Morgan fingerprint density at radius 3 is 2.76 bits per heavy atom. The summed E-state index contributed by atoms with van der Waals surface area (Å²) in [6.07, 6.45) is 2.75. The lowest BCUT2D eigenvalue weighted by Gasteiger charge is -2.39. The number of carbonyl (C=O) groups excluding carboxylic acids is 2. The molecule has 3 aliphatic rings. The lowest BCUT2D eigenvalue weighted by molar-refractivity contribution is -0.149. The van der Waals surface area contributed by atoms with Gasteiger partial charge in [0.1, 0.15) is 12.5 Å². The van der Waals surface area contributed by atoms with Gasteiger partial charge in [0.05, 0.1) is 17.7 Å². The number of esters is 1. The number of phenolic OH excluding ortho intramolecular Hbond substituents is 1. The lowest BCUT2D eigenvalue weighted by Crippen LogP contribution is -2.40. The van der Waals surface area contributed by atoms with Crippen LogP contribution in [0.15, 0.2) is 32.9 Å². The molecule has 178 valence electrons. The molecule has 0 saturated carbocycles. The number of phenols is 1. The Labute approximate surface area is 202 Å². The van der Waals surface area contributed by atoms with E-state index in [1.54, 1.807) is 12.1 Å². The number of aliphatic imine (C=N–C) groups is 1. The van der Waals surface area contributed by atoms with E-state index in [0.29, 0.717) is 40.8 Å². The Kier molecular flexibility index (Phi) is 6.69. The molecule has 1 aromatic rings. The highest BCUT2D eigenvalue weighted by atomic mass is 79.9. The van der Waals surface area contributed by atoms with Gasteiger partial charge in [-0.2, -0.15) is 0 Å². The number of rotatable bonds is 5. The van der Waals surface area contributed by atoms with Crippen LogP contribution in [-0.2, 0) is 19.1 Å². The fourth-order valence-corrected chi connectivity index (χ4v) is 5.54. The average Bonchev–Trinajstić information content (AvgIpc) is 3.25. The second-order valence-electron chi connectivity index (χ2n) is 9.83. The minimum atomic E-state index is -0.753. The fourth-order valence-electron chi connectivity index (χ4n) is 5.08. The summed E-state index contributed by atoms with van der Waals surface area (Å²) in [5.74, 6) is -1.55. The van der Waals surface area contributed by atoms with Crippen LogP contribution >= 0.6 is 15.9 Å². The lowest BCUT2D eigenvalue weighted by atomic mass is 9.67. The van der Waals surface area contributed by atoms with Gasteiger partial charge < -0.3 is 19.3 Å². The van der Waals surface area contributed by atoms with Crippen LogP contribution in [-0.4, -0.2) is 49.0 Å². The van der Waals surface area contributed by atoms with Crippen molar-refractivity contribution in [3.63, 3.8) is 0 Å². The standard InChI is InChI=1S/C25H30BrNO6/c1-13-20(24(30)33-12-15-6-5-7-32-15)21(14-8-16(26)23(29)19(9-14)31-4)22-17(27-13)10-25(2,3)11-18(22)28/h8-9,15,20-21,29H,5-7,10-12H2,1-4H3/t15-,20?,21-/m0/s1. The van der Waals surface area contributed by atoms with Crippen molar-refractivity contribution in [2.75, 3.05) is 20.3 Å². The summed E-state index contributed by atoms with van der Waals surface area (Å²) in [6.45, 7) is 6.78. The second kappa shape index (κ2) is 9.22. The summed E-state index contributed by atoms with van der Waals surface area (Å²) in [6, 6.07) is 3.42. The maximum atomic E-state index is 13.4. The van der Waals surface area contributed by atoms with Crippen molar-refractivity contribution in [1.82, 2.24) is 0 Å². The molecule has 0 aromatic heterocycles. The molecule has 3 atom stereocenters. The summed E-state index contributed by atoms with van der Waals surface area (Å²) in [5.41, 5.74) is 2.38. The van der Waals surface area contributed by atoms with Gasteiger partial charge in [0, 0.05) is 35.9 Å². The zero-order valence-corrected chi connectivity index (χ0v) is 21.0. The summed E-state index contributed by atoms with van der Waals surface area (Å²) in [5, 5.41) is 10.3. The summed E-state index contributed by atoms with van der Waals surface area (Å²) in [4.78, 5) is 31.5. The molecule has 33 heavy (non-hydrogen) atoms. The number of benzene rings is 1. The monoisotopic (exact) mass is 519 g/mol. The highest BCUT2D eigenvalue weighted by Crippen LogP contribution is 2.49. The van der Waals surface area contributed by atoms with Gasteiger partial charge in [0.2, 0.25) is 0 Å². The number of nitrogens with zero attached hydrogens (tertiary/aromatic N) is 1. The number of carbonyl (C=O) groups is 2. The molecular formula is C25H30BrNO6. The zero-order valence-electron chi connectivity index (χ0n) is 19.4. The number of aromatic hydroxyl groups is 1. The first-order chi connectivity index (χ1) is 15.6. The van der Waals surface area contributed by atoms with Crippen LogP contribution in [0.25, 0.3) is 0 Å². The van der Waals surface area contributed by atoms with E-state index in [4.69, 9.17) is 19.2 Å². The molecule has 1 saturated heterocycles. The average molecular weight is 520 g/mol. The number of halogens is 1. The van der Waals surface area contributed by atoms with E-state index in [1.807, 2.05) is 6.92 Å². The van der Waals surface area contributed by atoms with E-state index in [-0.39, 0.29) is 35.4 Å². The second-order valence-corrected chi connectivity index (χ2v) is 10.7. The van der Waals surface area contributed by atoms with Crippen LogP contribution in [0.2, 0.25) is 0 Å². The van der Waals surface area contributed by atoms with Gasteiger partial charge in [-0.15, -0.1) is 0 Å². The molecule has 1 N–H and O–H groups in total. The van der Waals surface area contributed by atoms with Crippen molar-refractivity contribution in [2.24, 2.45) is 16.3 Å². The third-order valence-corrected chi connectivity index (χ3v) is 7.23.